The van der Waals surface area contributed by atoms with E-state index in [1.807, 2.05) is 7.05 Å². The molecule has 3 aliphatic carbocycles. The normalized spacial score (nSPS) is 51.3. The first kappa shape index (κ1) is 16.6. The van der Waals surface area contributed by atoms with Crippen LogP contribution in [0, 0.1) is 28.6 Å². The fourth-order valence-corrected chi connectivity index (χ4v) is 8.04. The second-order valence-electron chi connectivity index (χ2n) is 9.93. The molecule has 4 nitrogen and oxygen atoms in total. The molecule has 0 bridgehead atoms. The van der Waals surface area contributed by atoms with E-state index >= 15 is 0 Å². The van der Waals surface area contributed by atoms with Crippen molar-refractivity contribution in [3.63, 3.8) is 0 Å². The summed E-state index contributed by atoms with van der Waals surface area (Å²) in [6.45, 7) is 6.48. The highest BCUT2D eigenvalue weighted by Crippen LogP contribution is 2.68. The number of rotatable bonds is 0. The lowest BCUT2D eigenvalue weighted by Gasteiger charge is -2.62. The van der Waals surface area contributed by atoms with Crippen molar-refractivity contribution in [2.75, 3.05) is 20.3 Å². The van der Waals surface area contributed by atoms with Crippen molar-refractivity contribution in [1.29, 1.82) is 0 Å². The standard InChI is InChI=1S/C21H33NO3/c1-19-9-8-18(23)22(3)17(19)5-4-14-15(19)6-10-20(2)16(14)7-11-21(20)24-12-13-25-21/h14-17H,4-13H2,1-3H3/t14-,15+,16+,17?,19-,20+/m1/s1. The summed E-state index contributed by atoms with van der Waals surface area (Å²) in [7, 11) is 2.04. The zero-order chi connectivity index (χ0) is 17.4. The van der Waals surface area contributed by atoms with Crippen LogP contribution in [0.2, 0.25) is 0 Å². The molecule has 0 radical (unpaired) electrons. The minimum absolute atomic E-state index is 0.185. The van der Waals surface area contributed by atoms with Gasteiger partial charge >= 0.3 is 0 Å². The van der Waals surface area contributed by atoms with Gasteiger partial charge in [0.15, 0.2) is 5.79 Å². The Morgan fingerprint density at radius 3 is 2.44 bits per heavy atom. The number of carbonyl (C=O) groups is 1. The molecule has 3 saturated carbocycles. The largest absolute Gasteiger partial charge is 0.347 e. The summed E-state index contributed by atoms with van der Waals surface area (Å²) in [5, 5.41) is 0. The maximum Gasteiger partial charge on any atom is 0.222 e. The first-order valence-corrected chi connectivity index (χ1v) is 10.4. The van der Waals surface area contributed by atoms with Gasteiger partial charge in [0, 0.05) is 31.3 Å². The zero-order valence-electron chi connectivity index (χ0n) is 16.1. The van der Waals surface area contributed by atoms with Gasteiger partial charge in [0.25, 0.3) is 0 Å². The Kier molecular flexibility index (Phi) is 3.46. The highest BCUT2D eigenvalue weighted by atomic mass is 16.7. The Balaban J connectivity index is 1.47. The molecule has 140 valence electrons. The Morgan fingerprint density at radius 2 is 1.68 bits per heavy atom. The second kappa shape index (κ2) is 5.22. The molecule has 1 amide bonds. The summed E-state index contributed by atoms with van der Waals surface area (Å²) < 4.78 is 12.5. The van der Waals surface area contributed by atoms with E-state index in [0.29, 0.717) is 17.4 Å². The van der Waals surface area contributed by atoms with Gasteiger partial charge in [-0.25, -0.2) is 0 Å². The molecular formula is C21H33NO3. The quantitative estimate of drug-likeness (QED) is 0.672. The fourth-order valence-electron chi connectivity index (χ4n) is 8.04. The van der Waals surface area contributed by atoms with Crippen LogP contribution in [0.4, 0.5) is 0 Å². The maximum atomic E-state index is 12.2. The summed E-state index contributed by atoms with van der Waals surface area (Å²) in [5.41, 5.74) is 0.490. The van der Waals surface area contributed by atoms with E-state index in [1.54, 1.807) is 0 Å². The van der Waals surface area contributed by atoms with Gasteiger partial charge in [-0.3, -0.25) is 4.79 Å². The molecule has 5 rings (SSSR count). The van der Waals surface area contributed by atoms with Crippen LogP contribution in [0.25, 0.3) is 0 Å². The van der Waals surface area contributed by atoms with Gasteiger partial charge in [-0.15, -0.1) is 0 Å². The number of hydrogen-bond acceptors (Lipinski definition) is 3. The zero-order valence-corrected chi connectivity index (χ0v) is 16.1. The van der Waals surface area contributed by atoms with Crippen molar-refractivity contribution in [3.8, 4) is 0 Å². The van der Waals surface area contributed by atoms with Crippen LogP contribution in [0.1, 0.15) is 65.2 Å². The molecular weight excluding hydrogens is 314 g/mol. The number of nitrogens with zero attached hydrogens (tertiary/aromatic N) is 1. The second-order valence-corrected chi connectivity index (χ2v) is 9.93. The average molecular weight is 347 g/mol. The number of fused-ring (bicyclic) bond motifs is 6. The third-order valence-corrected chi connectivity index (χ3v) is 9.36. The highest BCUT2D eigenvalue weighted by Gasteiger charge is 2.67. The van der Waals surface area contributed by atoms with Crippen molar-refractivity contribution in [1.82, 2.24) is 4.90 Å². The van der Waals surface area contributed by atoms with Crippen molar-refractivity contribution in [2.45, 2.75) is 77.0 Å². The smallest absolute Gasteiger partial charge is 0.222 e. The Labute approximate surface area is 151 Å². The predicted octanol–water partition coefficient (Wildman–Crippen LogP) is 3.59. The number of amides is 1. The molecule has 0 N–H and O–H groups in total. The summed E-state index contributed by atoms with van der Waals surface area (Å²) in [5.74, 6) is 2.34. The van der Waals surface area contributed by atoms with Gasteiger partial charge in [-0.1, -0.05) is 13.8 Å². The molecule has 2 heterocycles. The molecule has 0 aromatic rings. The molecule has 6 atom stereocenters. The van der Waals surface area contributed by atoms with Crippen LogP contribution in [0.3, 0.4) is 0 Å². The van der Waals surface area contributed by atoms with Crippen molar-refractivity contribution >= 4 is 5.91 Å². The van der Waals surface area contributed by atoms with Crippen molar-refractivity contribution in [2.24, 2.45) is 28.6 Å². The molecule has 0 aromatic carbocycles. The predicted molar refractivity (Wildman–Crippen MR) is 94.8 cm³/mol. The topological polar surface area (TPSA) is 38.8 Å². The van der Waals surface area contributed by atoms with Gasteiger partial charge in [0.2, 0.25) is 5.91 Å². The van der Waals surface area contributed by atoms with Crippen molar-refractivity contribution in [3.05, 3.63) is 0 Å². The van der Waals surface area contributed by atoms with E-state index in [0.717, 1.165) is 50.2 Å². The maximum absolute atomic E-state index is 12.2. The Hall–Kier alpha value is -0.610. The van der Waals surface area contributed by atoms with Crippen LogP contribution < -0.4 is 0 Å². The minimum Gasteiger partial charge on any atom is -0.347 e. The van der Waals surface area contributed by atoms with Crippen LogP contribution in [-0.2, 0) is 14.3 Å². The van der Waals surface area contributed by atoms with Gasteiger partial charge in [-0.2, -0.15) is 0 Å². The van der Waals surface area contributed by atoms with Crippen LogP contribution >= 0.6 is 0 Å². The van der Waals surface area contributed by atoms with Crippen LogP contribution in [-0.4, -0.2) is 42.9 Å². The summed E-state index contributed by atoms with van der Waals surface area (Å²) in [6.07, 6.45) is 9.12. The summed E-state index contributed by atoms with van der Waals surface area (Å²) in [4.78, 5) is 14.3. The average Bonchev–Trinajstić information content (AvgIpc) is 3.18. The fraction of sp³-hybridized carbons (Fsp3) is 0.952. The molecule has 2 aliphatic heterocycles. The third kappa shape index (κ3) is 1.93. The molecule has 5 fully saturated rings. The SMILES string of the molecule is CN1C(=O)CC[C@@]2(C)C1CC[C@@H]1[C@@H]2CC[C@@]2(C)[C@H]1CCC21OCCO1. The number of hydrogen-bond donors (Lipinski definition) is 0. The molecule has 1 unspecified atom stereocenters. The van der Waals surface area contributed by atoms with Gasteiger partial charge in [0.05, 0.1) is 13.2 Å². The molecule has 0 aromatic heterocycles. The lowest BCUT2D eigenvalue weighted by atomic mass is 9.47. The number of carbonyl (C=O) groups excluding carboxylic acids is 1. The lowest BCUT2D eigenvalue weighted by molar-refractivity contribution is -0.247. The van der Waals surface area contributed by atoms with E-state index in [2.05, 4.69) is 18.7 Å². The minimum atomic E-state index is -0.292. The Bertz CT molecular complexity index is 586. The van der Waals surface area contributed by atoms with E-state index in [1.165, 1.54) is 32.1 Å². The van der Waals surface area contributed by atoms with E-state index in [-0.39, 0.29) is 11.2 Å². The number of piperidine rings is 1. The lowest BCUT2D eigenvalue weighted by Crippen LogP contribution is -2.62. The van der Waals surface area contributed by atoms with Gasteiger partial charge in [-0.05, 0) is 61.7 Å². The molecule has 1 spiro atoms. The monoisotopic (exact) mass is 347 g/mol. The first-order chi connectivity index (χ1) is 11.9. The van der Waals surface area contributed by atoms with E-state index < -0.39 is 0 Å². The molecule has 5 aliphatic rings. The Morgan fingerprint density at radius 1 is 0.960 bits per heavy atom. The van der Waals surface area contributed by atoms with E-state index in [4.69, 9.17) is 9.47 Å². The van der Waals surface area contributed by atoms with Gasteiger partial charge < -0.3 is 14.4 Å². The summed E-state index contributed by atoms with van der Waals surface area (Å²) in [6, 6.07) is 0.452. The number of ether oxygens (including phenoxy) is 2. The van der Waals surface area contributed by atoms with Crippen LogP contribution in [0.5, 0.6) is 0 Å². The first-order valence-electron chi connectivity index (χ1n) is 10.4. The molecule has 2 saturated heterocycles. The molecule has 4 heteroatoms. The molecule has 25 heavy (non-hydrogen) atoms. The number of likely N-dealkylation sites (tertiary alicyclic amines) is 1. The van der Waals surface area contributed by atoms with Crippen LogP contribution in [0.15, 0.2) is 0 Å². The van der Waals surface area contributed by atoms with Crippen molar-refractivity contribution < 1.29 is 14.3 Å². The third-order valence-electron chi connectivity index (χ3n) is 9.36. The van der Waals surface area contributed by atoms with Gasteiger partial charge in [0.1, 0.15) is 0 Å². The highest BCUT2D eigenvalue weighted by molar-refractivity contribution is 5.77. The summed E-state index contributed by atoms with van der Waals surface area (Å²) >= 11 is 0. The van der Waals surface area contributed by atoms with E-state index in [9.17, 15) is 4.79 Å².